The Morgan fingerprint density at radius 2 is 1.89 bits per heavy atom. The van der Waals surface area contributed by atoms with Gasteiger partial charge in [-0.2, -0.15) is 13.2 Å². The van der Waals surface area contributed by atoms with E-state index >= 15 is 0 Å². The molecule has 0 spiro atoms. The van der Waals surface area contributed by atoms with Gasteiger partial charge in [0.05, 0.1) is 30.4 Å². The number of carbonyl (C=O) groups is 1. The quantitative estimate of drug-likeness (QED) is 0.855. The average Bonchev–Trinajstić information content (AvgIpc) is 2.67. The molecule has 0 atom stereocenters. The molecule has 1 amide bonds. The summed E-state index contributed by atoms with van der Waals surface area (Å²) in [6.07, 6.45) is -2.10. The Morgan fingerprint density at radius 1 is 1.21 bits per heavy atom. The predicted octanol–water partition coefficient (Wildman–Crippen LogP) is 2.64. The standard InChI is InChI=1S/C18H20F3N3O4/c1-24(17(26)18(19,20)21)10-3-5-11(6-4-10)28-15-7-12-13(8-14(15)27-2)22-9-23-16(12)25/h7-11H,3-6H2,1-2H3,(H,22,23,25)/t10-,11+. The van der Waals surface area contributed by atoms with Crippen molar-refractivity contribution in [2.24, 2.45) is 0 Å². The Morgan fingerprint density at radius 3 is 2.50 bits per heavy atom. The number of aromatic nitrogens is 2. The van der Waals surface area contributed by atoms with Crippen LogP contribution in [0.4, 0.5) is 13.2 Å². The fourth-order valence-corrected chi connectivity index (χ4v) is 3.42. The Bertz CT molecular complexity index is 920. The van der Waals surface area contributed by atoms with Crippen LogP contribution in [0.2, 0.25) is 0 Å². The Balaban J connectivity index is 1.70. The first-order chi connectivity index (χ1) is 13.2. The summed E-state index contributed by atoms with van der Waals surface area (Å²) in [7, 11) is 2.64. The number of amides is 1. The molecule has 152 valence electrons. The minimum atomic E-state index is -4.87. The summed E-state index contributed by atoms with van der Waals surface area (Å²) in [5, 5.41) is 0.350. The molecule has 0 saturated heterocycles. The van der Waals surface area contributed by atoms with Crippen LogP contribution in [-0.4, -0.2) is 53.3 Å². The summed E-state index contributed by atoms with van der Waals surface area (Å²) < 4.78 is 49.1. The van der Waals surface area contributed by atoms with E-state index in [4.69, 9.17) is 9.47 Å². The first-order valence-corrected chi connectivity index (χ1v) is 8.76. The Kier molecular flexibility index (Phi) is 5.48. The highest BCUT2D eigenvalue weighted by Gasteiger charge is 2.43. The molecular weight excluding hydrogens is 379 g/mol. The normalized spacial score (nSPS) is 20.0. The number of nitrogens with one attached hydrogen (secondary N) is 1. The van der Waals surface area contributed by atoms with Crippen LogP contribution in [0, 0.1) is 0 Å². The third-order valence-corrected chi connectivity index (χ3v) is 4.97. The molecular formula is C18H20F3N3O4. The first-order valence-electron chi connectivity index (χ1n) is 8.76. The van der Waals surface area contributed by atoms with Crippen molar-refractivity contribution in [3.63, 3.8) is 0 Å². The second-order valence-electron chi connectivity index (χ2n) is 6.71. The van der Waals surface area contributed by atoms with Gasteiger partial charge in [0.15, 0.2) is 11.5 Å². The van der Waals surface area contributed by atoms with Gasteiger partial charge in [-0.3, -0.25) is 9.59 Å². The fraction of sp³-hybridized carbons (Fsp3) is 0.500. The summed E-state index contributed by atoms with van der Waals surface area (Å²) in [6, 6.07) is 2.66. The van der Waals surface area contributed by atoms with Gasteiger partial charge in [-0.25, -0.2) is 4.98 Å². The van der Waals surface area contributed by atoms with E-state index in [9.17, 15) is 22.8 Å². The van der Waals surface area contributed by atoms with Crippen molar-refractivity contribution >= 4 is 16.8 Å². The molecule has 0 bridgehead atoms. The van der Waals surface area contributed by atoms with Crippen LogP contribution in [0.5, 0.6) is 11.5 Å². The Hall–Kier alpha value is -2.78. The second-order valence-corrected chi connectivity index (χ2v) is 6.71. The lowest BCUT2D eigenvalue weighted by Gasteiger charge is -2.35. The molecule has 1 heterocycles. The number of methoxy groups -OCH3 is 1. The van der Waals surface area contributed by atoms with Gasteiger partial charge in [0.25, 0.3) is 5.56 Å². The highest BCUT2D eigenvalue weighted by molar-refractivity contribution is 5.82. The molecule has 1 saturated carbocycles. The molecule has 1 aromatic heterocycles. The van der Waals surface area contributed by atoms with Crippen LogP contribution in [0.25, 0.3) is 10.9 Å². The zero-order valence-electron chi connectivity index (χ0n) is 15.4. The van der Waals surface area contributed by atoms with Gasteiger partial charge in [0.2, 0.25) is 0 Å². The minimum absolute atomic E-state index is 0.257. The molecule has 0 aliphatic heterocycles. The molecule has 1 aliphatic rings. The number of benzene rings is 1. The van der Waals surface area contributed by atoms with Crippen molar-refractivity contribution < 1.29 is 27.4 Å². The van der Waals surface area contributed by atoms with Crippen LogP contribution in [0.15, 0.2) is 23.3 Å². The highest BCUT2D eigenvalue weighted by atomic mass is 19.4. The zero-order valence-corrected chi connectivity index (χ0v) is 15.4. The van der Waals surface area contributed by atoms with E-state index in [1.54, 1.807) is 12.1 Å². The van der Waals surface area contributed by atoms with Crippen molar-refractivity contribution in [3.05, 3.63) is 28.8 Å². The second kappa shape index (κ2) is 7.69. The number of halogens is 3. The molecule has 28 heavy (non-hydrogen) atoms. The minimum Gasteiger partial charge on any atom is -0.493 e. The van der Waals surface area contributed by atoms with Gasteiger partial charge in [-0.15, -0.1) is 0 Å². The highest BCUT2D eigenvalue weighted by Crippen LogP contribution is 2.34. The number of aromatic amines is 1. The molecule has 1 aliphatic carbocycles. The number of hydrogen-bond acceptors (Lipinski definition) is 5. The van der Waals surface area contributed by atoms with Gasteiger partial charge in [-0.1, -0.05) is 0 Å². The fourth-order valence-electron chi connectivity index (χ4n) is 3.42. The maximum absolute atomic E-state index is 12.6. The van der Waals surface area contributed by atoms with E-state index in [1.165, 1.54) is 20.5 Å². The van der Waals surface area contributed by atoms with Crippen LogP contribution < -0.4 is 15.0 Å². The first kappa shape index (κ1) is 20.0. The number of fused-ring (bicyclic) bond motifs is 1. The van der Waals surface area contributed by atoms with E-state index in [1.807, 2.05) is 0 Å². The summed E-state index contributed by atoms with van der Waals surface area (Å²) in [6.45, 7) is 0. The van der Waals surface area contributed by atoms with Crippen molar-refractivity contribution in [3.8, 4) is 11.5 Å². The lowest BCUT2D eigenvalue weighted by atomic mass is 9.92. The predicted molar refractivity (Wildman–Crippen MR) is 94.4 cm³/mol. The molecule has 1 fully saturated rings. The van der Waals surface area contributed by atoms with E-state index in [0.29, 0.717) is 48.1 Å². The number of nitrogens with zero attached hydrogens (tertiary/aromatic N) is 2. The van der Waals surface area contributed by atoms with Gasteiger partial charge < -0.3 is 19.4 Å². The lowest BCUT2D eigenvalue weighted by Crippen LogP contribution is -2.46. The third kappa shape index (κ3) is 4.05. The molecule has 0 radical (unpaired) electrons. The van der Waals surface area contributed by atoms with E-state index in [-0.39, 0.29) is 11.7 Å². The van der Waals surface area contributed by atoms with Crippen LogP contribution in [0.3, 0.4) is 0 Å². The molecule has 3 rings (SSSR count). The molecule has 1 aromatic carbocycles. The molecule has 0 unspecified atom stereocenters. The molecule has 2 aromatic rings. The topological polar surface area (TPSA) is 84.5 Å². The maximum atomic E-state index is 12.6. The summed E-state index contributed by atoms with van der Waals surface area (Å²) in [4.78, 5) is 30.7. The number of rotatable bonds is 4. The van der Waals surface area contributed by atoms with E-state index in [2.05, 4.69) is 9.97 Å². The van der Waals surface area contributed by atoms with Crippen molar-refractivity contribution in [2.75, 3.05) is 14.2 Å². The molecule has 10 heteroatoms. The lowest BCUT2D eigenvalue weighted by molar-refractivity contribution is -0.187. The zero-order chi connectivity index (χ0) is 20.5. The van der Waals surface area contributed by atoms with E-state index < -0.39 is 18.1 Å². The maximum Gasteiger partial charge on any atom is 0.471 e. The summed E-state index contributed by atoms with van der Waals surface area (Å²) in [5.74, 6) is -1.05. The van der Waals surface area contributed by atoms with E-state index in [0.717, 1.165) is 4.90 Å². The van der Waals surface area contributed by atoms with Crippen LogP contribution in [0.1, 0.15) is 25.7 Å². The number of hydrogen-bond donors (Lipinski definition) is 1. The van der Waals surface area contributed by atoms with Gasteiger partial charge >= 0.3 is 12.1 Å². The third-order valence-electron chi connectivity index (χ3n) is 4.97. The van der Waals surface area contributed by atoms with Crippen molar-refractivity contribution in [2.45, 2.75) is 44.0 Å². The average molecular weight is 399 g/mol. The number of H-pyrrole nitrogens is 1. The van der Waals surface area contributed by atoms with Gasteiger partial charge in [0, 0.05) is 19.2 Å². The van der Waals surface area contributed by atoms with Gasteiger partial charge in [0.1, 0.15) is 0 Å². The summed E-state index contributed by atoms with van der Waals surface area (Å²) in [5.41, 5.74) is 0.150. The van der Waals surface area contributed by atoms with Crippen LogP contribution in [-0.2, 0) is 4.79 Å². The summed E-state index contributed by atoms with van der Waals surface area (Å²) >= 11 is 0. The monoisotopic (exact) mass is 399 g/mol. The number of alkyl halides is 3. The number of carbonyl (C=O) groups excluding carboxylic acids is 1. The van der Waals surface area contributed by atoms with Crippen LogP contribution >= 0.6 is 0 Å². The van der Waals surface area contributed by atoms with Gasteiger partial charge in [-0.05, 0) is 31.7 Å². The largest absolute Gasteiger partial charge is 0.493 e. The molecule has 1 N–H and O–H groups in total. The SMILES string of the molecule is COc1cc2nc[nH]c(=O)c2cc1O[C@H]1CC[C@@H](N(C)C(=O)C(F)(F)F)CC1. The molecule has 7 nitrogen and oxygen atoms in total. The smallest absolute Gasteiger partial charge is 0.471 e. The van der Waals surface area contributed by atoms with Crippen molar-refractivity contribution in [1.29, 1.82) is 0 Å². The van der Waals surface area contributed by atoms with Crippen molar-refractivity contribution in [1.82, 2.24) is 14.9 Å². The Labute approximate surface area is 158 Å². The number of ether oxygens (including phenoxy) is 2.